The quantitative estimate of drug-likeness (QED) is 0.757. The number of hydrogen-bond donors (Lipinski definition) is 1. The van der Waals surface area contributed by atoms with Crippen molar-refractivity contribution < 1.29 is 9.32 Å². The third kappa shape index (κ3) is 4.12. The van der Waals surface area contributed by atoms with Crippen LogP contribution in [0.15, 0.2) is 47.0 Å². The number of anilines is 1. The van der Waals surface area contributed by atoms with Crippen molar-refractivity contribution in [2.45, 2.75) is 33.6 Å². The standard InChI is InChI=1S/C20H21N3O2/c1-13-6-4-8-16(12-13)20-22-19(25-23-20)11-10-18(24)21-17-9-5-7-14(2)15(17)3/h4-9,12H,10-11H2,1-3H3,(H,21,24). The van der Waals surface area contributed by atoms with Crippen LogP contribution < -0.4 is 5.32 Å². The van der Waals surface area contributed by atoms with Crippen LogP contribution in [0.4, 0.5) is 5.69 Å². The SMILES string of the molecule is Cc1cccc(-c2noc(CCC(=O)Nc3cccc(C)c3C)n2)c1. The maximum atomic E-state index is 12.2. The first kappa shape index (κ1) is 16.9. The highest BCUT2D eigenvalue weighted by atomic mass is 16.5. The third-order valence-electron chi connectivity index (χ3n) is 4.19. The number of hydrogen-bond acceptors (Lipinski definition) is 4. The minimum Gasteiger partial charge on any atom is -0.339 e. The molecule has 1 amide bonds. The van der Waals surface area contributed by atoms with Gasteiger partial charge in [-0.1, -0.05) is 41.1 Å². The second-order valence-corrected chi connectivity index (χ2v) is 6.18. The summed E-state index contributed by atoms with van der Waals surface area (Å²) in [4.78, 5) is 16.5. The maximum absolute atomic E-state index is 12.2. The van der Waals surface area contributed by atoms with Gasteiger partial charge >= 0.3 is 0 Å². The summed E-state index contributed by atoms with van der Waals surface area (Å²) in [6, 6.07) is 13.8. The van der Waals surface area contributed by atoms with E-state index in [9.17, 15) is 4.79 Å². The van der Waals surface area contributed by atoms with Gasteiger partial charge in [0.15, 0.2) is 0 Å². The molecule has 5 nitrogen and oxygen atoms in total. The lowest BCUT2D eigenvalue weighted by Gasteiger charge is -2.09. The summed E-state index contributed by atoms with van der Waals surface area (Å²) >= 11 is 0. The summed E-state index contributed by atoms with van der Waals surface area (Å²) in [6.45, 7) is 6.04. The predicted molar refractivity (Wildman–Crippen MR) is 97.3 cm³/mol. The molecule has 0 radical (unpaired) electrons. The molecular formula is C20H21N3O2. The largest absolute Gasteiger partial charge is 0.339 e. The van der Waals surface area contributed by atoms with E-state index >= 15 is 0 Å². The molecule has 0 aliphatic rings. The van der Waals surface area contributed by atoms with Gasteiger partial charge < -0.3 is 9.84 Å². The van der Waals surface area contributed by atoms with E-state index in [0.717, 1.165) is 27.9 Å². The molecule has 1 N–H and O–H groups in total. The van der Waals surface area contributed by atoms with E-state index in [1.165, 1.54) is 0 Å². The topological polar surface area (TPSA) is 68.0 Å². The third-order valence-corrected chi connectivity index (χ3v) is 4.19. The monoisotopic (exact) mass is 335 g/mol. The predicted octanol–water partition coefficient (Wildman–Crippen LogP) is 4.23. The first-order chi connectivity index (χ1) is 12.0. The number of amides is 1. The molecule has 3 aromatic rings. The molecule has 0 saturated carbocycles. The van der Waals surface area contributed by atoms with Crippen molar-refractivity contribution in [3.63, 3.8) is 0 Å². The Hall–Kier alpha value is -2.95. The van der Waals surface area contributed by atoms with Crippen LogP contribution in [-0.2, 0) is 11.2 Å². The van der Waals surface area contributed by atoms with Gasteiger partial charge in [-0.25, -0.2) is 0 Å². The average Bonchev–Trinajstić information content (AvgIpc) is 3.06. The lowest BCUT2D eigenvalue weighted by Crippen LogP contribution is -2.13. The Morgan fingerprint density at radius 2 is 1.92 bits per heavy atom. The van der Waals surface area contributed by atoms with Gasteiger partial charge in [0.25, 0.3) is 0 Å². The number of benzene rings is 2. The molecule has 0 saturated heterocycles. The van der Waals surface area contributed by atoms with Crippen LogP contribution in [0.5, 0.6) is 0 Å². The maximum Gasteiger partial charge on any atom is 0.227 e. The molecule has 1 heterocycles. The zero-order valence-corrected chi connectivity index (χ0v) is 14.7. The van der Waals surface area contributed by atoms with Crippen LogP contribution in [0.3, 0.4) is 0 Å². The van der Waals surface area contributed by atoms with E-state index in [-0.39, 0.29) is 5.91 Å². The second-order valence-electron chi connectivity index (χ2n) is 6.18. The van der Waals surface area contributed by atoms with Crippen LogP contribution in [0, 0.1) is 20.8 Å². The van der Waals surface area contributed by atoms with Crippen LogP contribution in [-0.4, -0.2) is 16.0 Å². The van der Waals surface area contributed by atoms with Crippen LogP contribution in [0.1, 0.15) is 29.0 Å². The average molecular weight is 335 g/mol. The van der Waals surface area contributed by atoms with Crippen molar-refractivity contribution in [2.24, 2.45) is 0 Å². The summed E-state index contributed by atoms with van der Waals surface area (Å²) in [5.74, 6) is 0.949. The first-order valence-electron chi connectivity index (χ1n) is 8.28. The summed E-state index contributed by atoms with van der Waals surface area (Å²) in [7, 11) is 0. The normalized spacial score (nSPS) is 10.7. The molecule has 25 heavy (non-hydrogen) atoms. The number of nitrogens with one attached hydrogen (secondary N) is 1. The molecule has 2 aromatic carbocycles. The number of carbonyl (C=O) groups excluding carboxylic acids is 1. The molecule has 0 fully saturated rings. The molecule has 0 aliphatic heterocycles. The molecule has 128 valence electrons. The lowest BCUT2D eigenvalue weighted by atomic mass is 10.1. The number of aromatic nitrogens is 2. The Kier molecular flexibility index (Phi) is 4.93. The van der Waals surface area contributed by atoms with Crippen molar-refractivity contribution in [1.82, 2.24) is 10.1 Å². The van der Waals surface area contributed by atoms with Crippen LogP contribution in [0.25, 0.3) is 11.4 Å². The molecule has 0 unspecified atom stereocenters. The summed E-state index contributed by atoms with van der Waals surface area (Å²) in [5, 5.41) is 6.94. The number of nitrogens with zero attached hydrogens (tertiary/aromatic N) is 2. The minimum atomic E-state index is -0.0657. The molecule has 0 aliphatic carbocycles. The van der Waals surface area contributed by atoms with Gasteiger partial charge in [-0.05, 0) is 44.0 Å². The first-order valence-corrected chi connectivity index (χ1v) is 8.28. The summed E-state index contributed by atoms with van der Waals surface area (Å²) in [5.41, 5.74) is 5.12. The van der Waals surface area contributed by atoms with Crippen molar-refractivity contribution in [3.8, 4) is 11.4 Å². The Labute approximate surface area is 147 Å². The fourth-order valence-corrected chi connectivity index (χ4v) is 2.58. The van der Waals surface area contributed by atoms with Gasteiger partial charge in [0.05, 0.1) is 0 Å². The highest BCUT2D eigenvalue weighted by molar-refractivity contribution is 5.91. The highest BCUT2D eigenvalue weighted by Crippen LogP contribution is 2.19. The van der Waals surface area contributed by atoms with Gasteiger partial charge in [-0.15, -0.1) is 0 Å². The number of rotatable bonds is 5. The molecule has 0 bridgehead atoms. The fourth-order valence-electron chi connectivity index (χ4n) is 2.58. The number of carbonyl (C=O) groups is 1. The zero-order chi connectivity index (χ0) is 17.8. The van der Waals surface area contributed by atoms with E-state index in [2.05, 4.69) is 15.5 Å². The molecule has 3 rings (SSSR count). The van der Waals surface area contributed by atoms with E-state index < -0.39 is 0 Å². The summed E-state index contributed by atoms with van der Waals surface area (Å²) in [6.07, 6.45) is 0.707. The molecule has 0 spiro atoms. The van der Waals surface area contributed by atoms with Gasteiger partial charge in [-0.3, -0.25) is 4.79 Å². The van der Waals surface area contributed by atoms with Crippen LogP contribution in [0.2, 0.25) is 0 Å². The Bertz CT molecular complexity index is 899. The Morgan fingerprint density at radius 1 is 1.12 bits per heavy atom. The van der Waals surface area contributed by atoms with E-state index in [0.29, 0.717) is 24.6 Å². The lowest BCUT2D eigenvalue weighted by molar-refractivity contribution is -0.116. The Balaban J connectivity index is 1.60. The van der Waals surface area contributed by atoms with Crippen molar-refractivity contribution >= 4 is 11.6 Å². The van der Waals surface area contributed by atoms with Gasteiger partial charge in [0.1, 0.15) is 0 Å². The van der Waals surface area contributed by atoms with Gasteiger partial charge in [0, 0.05) is 24.1 Å². The van der Waals surface area contributed by atoms with Crippen molar-refractivity contribution in [2.75, 3.05) is 5.32 Å². The minimum absolute atomic E-state index is 0.0657. The van der Waals surface area contributed by atoms with Crippen molar-refractivity contribution in [3.05, 3.63) is 65.0 Å². The van der Waals surface area contributed by atoms with E-state index in [4.69, 9.17) is 4.52 Å². The molecule has 1 aromatic heterocycles. The smallest absolute Gasteiger partial charge is 0.227 e. The number of aryl methyl sites for hydroxylation is 3. The molecule has 0 atom stereocenters. The van der Waals surface area contributed by atoms with Crippen LogP contribution >= 0.6 is 0 Å². The highest BCUT2D eigenvalue weighted by Gasteiger charge is 2.12. The van der Waals surface area contributed by atoms with E-state index in [1.807, 2.05) is 63.2 Å². The van der Waals surface area contributed by atoms with E-state index in [1.54, 1.807) is 0 Å². The van der Waals surface area contributed by atoms with Crippen molar-refractivity contribution in [1.29, 1.82) is 0 Å². The Morgan fingerprint density at radius 3 is 2.72 bits per heavy atom. The van der Waals surface area contributed by atoms with Gasteiger partial charge in [-0.2, -0.15) is 4.98 Å². The summed E-state index contributed by atoms with van der Waals surface area (Å²) < 4.78 is 5.26. The second kappa shape index (κ2) is 7.30. The zero-order valence-electron chi connectivity index (χ0n) is 14.7. The van der Waals surface area contributed by atoms with Gasteiger partial charge in [0.2, 0.25) is 17.6 Å². The molecular weight excluding hydrogens is 314 g/mol. The fraction of sp³-hybridized carbons (Fsp3) is 0.250. The molecule has 5 heteroatoms.